The number of amides is 1. The highest BCUT2D eigenvalue weighted by atomic mass is 16.7. The van der Waals surface area contributed by atoms with Gasteiger partial charge in [-0.05, 0) is 51.4 Å². The molecule has 0 aromatic heterocycles. The molecule has 0 spiro atoms. The van der Waals surface area contributed by atoms with E-state index in [1.807, 2.05) is 6.08 Å². The number of rotatable bonds is 53. The van der Waals surface area contributed by atoms with E-state index in [4.69, 9.17) is 9.47 Å². The molecule has 0 aromatic carbocycles. The Kier molecular flexibility index (Phi) is 49.3. The molecular formula is C62H117NO8. The maximum absolute atomic E-state index is 13.1. The monoisotopic (exact) mass is 1000 g/mol. The van der Waals surface area contributed by atoms with Gasteiger partial charge in [0.15, 0.2) is 6.29 Å². The molecule has 0 aromatic rings. The number of hydrogen-bond acceptors (Lipinski definition) is 8. The highest BCUT2D eigenvalue weighted by Crippen LogP contribution is 2.23. The summed E-state index contributed by atoms with van der Waals surface area (Å²) in [7, 11) is 0. The zero-order valence-corrected chi connectivity index (χ0v) is 46.5. The summed E-state index contributed by atoms with van der Waals surface area (Å²) in [5.74, 6) is -0.172. The Balaban J connectivity index is 2.17. The maximum Gasteiger partial charge on any atom is 0.220 e. The second kappa shape index (κ2) is 51.9. The standard InChI is InChI=1S/C62H117NO8/c1-3-5-7-9-11-13-15-17-19-21-23-24-25-26-27-28-29-30-31-32-34-36-38-40-42-44-46-48-50-52-58(66)63-55(54-70-62-61(69)60(68)59(67)57(53-64)71-62)56(65)51-49-47-45-43-41-39-37-35-33-22-20-18-16-14-12-10-8-6-4-2/h15,17,21,23,49,51,55-57,59-62,64-65,67-69H,3-14,16,18-20,22,24-48,50,52-54H2,1-2H3,(H,63,66)/b17-15-,23-21-,51-49+. The van der Waals surface area contributed by atoms with Gasteiger partial charge in [-0.25, -0.2) is 0 Å². The molecule has 418 valence electrons. The number of carbonyl (C=O) groups is 1. The predicted octanol–water partition coefficient (Wildman–Crippen LogP) is 15.5. The highest BCUT2D eigenvalue weighted by molar-refractivity contribution is 5.76. The lowest BCUT2D eigenvalue weighted by molar-refractivity contribution is -0.302. The van der Waals surface area contributed by atoms with E-state index >= 15 is 0 Å². The smallest absolute Gasteiger partial charge is 0.220 e. The van der Waals surface area contributed by atoms with Crippen molar-refractivity contribution in [2.24, 2.45) is 0 Å². The number of hydrogen-bond donors (Lipinski definition) is 6. The van der Waals surface area contributed by atoms with Crippen LogP contribution in [0, 0.1) is 0 Å². The van der Waals surface area contributed by atoms with Gasteiger partial charge in [-0.2, -0.15) is 0 Å². The Morgan fingerprint density at radius 1 is 0.479 bits per heavy atom. The van der Waals surface area contributed by atoms with Crippen LogP contribution in [0.4, 0.5) is 0 Å². The second-order valence-corrected chi connectivity index (χ2v) is 21.5. The molecule has 1 fully saturated rings. The van der Waals surface area contributed by atoms with Gasteiger partial charge in [-0.3, -0.25) is 4.79 Å². The molecule has 7 unspecified atom stereocenters. The number of carbonyl (C=O) groups excluding carboxylic acids is 1. The first-order valence-electron chi connectivity index (χ1n) is 30.7. The van der Waals surface area contributed by atoms with E-state index in [9.17, 15) is 30.3 Å². The van der Waals surface area contributed by atoms with Crippen LogP contribution >= 0.6 is 0 Å². The van der Waals surface area contributed by atoms with Crippen LogP contribution in [0.3, 0.4) is 0 Å². The second-order valence-electron chi connectivity index (χ2n) is 21.5. The SMILES string of the molecule is CCCCCCC/C=C\C/C=C\CCCCCCCCCCCCCCCCCCCC(=O)NC(COC1OC(CO)C(O)C(O)C1O)C(O)/C=C/CCCCCCCCCCCCCCCCCCC. The van der Waals surface area contributed by atoms with E-state index < -0.39 is 49.5 Å². The van der Waals surface area contributed by atoms with Gasteiger partial charge in [-0.1, -0.05) is 275 Å². The summed E-state index contributed by atoms with van der Waals surface area (Å²) in [5.41, 5.74) is 0. The molecule has 9 nitrogen and oxygen atoms in total. The van der Waals surface area contributed by atoms with Crippen LogP contribution in [0.15, 0.2) is 36.5 Å². The van der Waals surface area contributed by atoms with Crippen molar-refractivity contribution in [1.82, 2.24) is 5.32 Å². The minimum atomic E-state index is -1.57. The van der Waals surface area contributed by atoms with Gasteiger partial charge in [0.25, 0.3) is 0 Å². The molecule has 1 aliphatic heterocycles. The van der Waals surface area contributed by atoms with Gasteiger partial charge in [0.2, 0.25) is 5.91 Å². The van der Waals surface area contributed by atoms with Crippen LogP contribution in [0.1, 0.15) is 296 Å². The van der Waals surface area contributed by atoms with Crippen LogP contribution in [-0.2, 0) is 14.3 Å². The maximum atomic E-state index is 13.1. The Bertz CT molecular complexity index is 1210. The number of ether oxygens (including phenoxy) is 2. The fourth-order valence-corrected chi connectivity index (χ4v) is 9.84. The van der Waals surface area contributed by atoms with Crippen molar-refractivity contribution in [3.05, 3.63) is 36.5 Å². The molecule has 0 bridgehead atoms. The van der Waals surface area contributed by atoms with E-state index in [1.165, 1.54) is 231 Å². The van der Waals surface area contributed by atoms with E-state index in [0.717, 1.165) is 44.9 Å². The minimum absolute atomic E-state index is 0.172. The lowest BCUT2D eigenvalue weighted by Crippen LogP contribution is -2.60. The van der Waals surface area contributed by atoms with Gasteiger partial charge in [0.1, 0.15) is 24.4 Å². The number of aliphatic hydroxyl groups excluding tert-OH is 5. The van der Waals surface area contributed by atoms with Crippen molar-refractivity contribution < 1.29 is 39.8 Å². The molecule has 1 rings (SSSR count). The summed E-state index contributed by atoms with van der Waals surface area (Å²) in [5, 5.41) is 54.6. The van der Waals surface area contributed by atoms with Gasteiger partial charge >= 0.3 is 0 Å². The predicted molar refractivity (Wildman–Crippen MR) is 300 cm³/mol. The Labute approximate surface area is 438 Å². The van der Waals surface area contributed by atoms with Gasteiger partial charge in [-0.15, -0.1) is 0 Å². The highest BCUT2D eigenvalue weighted by Gasteiger charge is 2.44. The number of nitrogens with one attached hydrogen (secondary N) is 1. The molecule has 1 aliphatic rings. The molecule has 0 radical (unpaired) electrons. The van der Waals surface area contributed by atoms with E-state index in [0.29, 0.717) is 6.42 Å². The van der Waals surface area contributed by atoms with Gasteiger partial charge in [0.05, 0.1) is 25.4 Å². The number of unbranched alkanes of at least 4 members (excludes halogenated alkanes) is 39. The first-order valence-corrected chi connectivity index (χ1v) is 30.7. The summed E-state index contributed by atoms with van der Waals surface area (Å²) >= 11 is 0. The van der Waals surface area contributed by atoms with Crippen molar-refractivity contribution >= 4 is 5.91 Å². The summed E-state index contributed by atoms with van der Waals surface area (Å²) in [6, 6.07) is -0.804. The Morgan fingerprint density at radius 3 is 1.21 bits per heavy atom. The number of allylic oxidation sites excluding steroid dienone is 5. The summed E-state index contributed by atoms with van der Waals surface area (Å²) < 4.78 is 11.3. The van der Waals surface area contributed by atoms with Gasteiger partial charge < -0.3 is 40.3 Å². The van der Waals surface area contributed by atoms with Crippen LogP contribution in [0.5, 0.6) is 0 Å². The first kappa shape index (κ1) is 67.4. The van der Waals surface area contributed by atoms with Crippen molar-refractivity contribution in [2.75, 3.05) is 13.2 Å². The Hall–Kier alpha value is -1.59. The molecule has 71 heavy (non-hydrogen) atoms. The lowest BCUT2D eigenvalue weighted by Gasteiger charge is -2.40. The zero-order chi connectivity index (χ0) is 51.5. The zero-order valence-electron chi connectivity index (χ0n) is 46.5. The van der Waals surface area contributed by atoms with Gasteiger partial charge in [0, 0.05) is 6.42 Å². The first-order chi connectivity index (χ1) is 34.8. The Morgan fingerprint density at radius 2 is 0.831 bits per heavy atom. The molecule has 9 heteroatoms. The topological polar surface area (TPSA) is 149 Å². The molecule has 6 N–H and O–H groups in total. The van der Waals surface area contributed by atoms with Crippen LogP contribution in [0.25, 0.3) is 0 Å². The summed E-state index contributed by atoms with van der Waals surface area (Å²) in [6.45, 7) is 3.80. The average Bonchev–Trinajstić information content (AvgIpc) is 3.37. The third-order valence-corrected chi connectivity index (χ3v) is 14.7. The molecule has 0 saturated carbocycles. The van der Waals surface area contributed by atoms with E-state index in [-0.39, 0.29) is 12.5 Å². The third-order valence-electron chi connectivity index (χ3n) is 14.7. The van der Waals surface area contributed by atoms with Crippen molar-refractivity contribution in [2.45, 2.75) is 339 Å². The molecule has 7 atom stereocenters. The third kappa shape index (κ3) is 41.4. The van der Waals surface area contributed by atoms with Crippen molar-refractivity contribution in [3.8, 4) is 0 Å². The molecule has 1 saturated heterocycles. The molecule has 0 aliphatic carbocycles. The summed E-state index contributed by atoms with van der Waals surface area (Å²) in [6.07, 6.45) is 60.7. The van der Waals surface area contributed by atoms with Crippen LogP contribution in [-0.4, -0.2) is 87.5 Å². The van der Waals surface area contributed by atoms with Crippen LogP contribution < -0.4 is 5.32 Å². The van der Waals surface area contributed by atoms with Crippen molar-refractivity contribution in [1.29, 1.82) is 0 Å². The fraction of sp³-hybridized carbons (Fsp3) is 0.887. The fourth-order valence-electron chi connectivity index (χ4n) is 9.84. The van der Waals surface area contributed by atoms with Crippen molar-refractivity contribution in [3.63, 3.8) is 0 Å². The molecular weight excluding hydrogens is 887 g/mol. The number of aliphatic hydroxyl groups is 5. The molecule has 1 amide bonds. The minimum Gasteiger partial charge on any atom is -0.394 e. The average molecular weight is 1000 g/mol. The largest absolute Gasteiger partial charge is 0.394 e. The quantitative estimate of drug-likeness (QED) is 0.0261. The molecule has 1 heterocycles. The van der Waals surface area contributed by atoms with E-state index in [2.05, 4.69) is 43.5 Å². The summed E-state index contributed by atoms with van der Waals surface area (Å²) in [4.78, 5) is 13.1. The lowest BCUT2D eigenvalue weighted by atomic mass is 9.99. The van der Waals surface area contributed by atoms with Crippen LogP contribution in [0.2, 0.25) is 0 Å². The normalized spacial score (nSPS) is 19.5. The van der Waals surface area contributed by atoms with E-state index in [1.54, 1.807) is 6.08 Å².